The first-order valence-electron chi connectivity index (χ1n) is 7.23. The van der Waals surface area contributed by atoms with Gasteiger partial charge >= 0.3 is 6.18 Å². The number of rotatable bonds is 5. The minimum absolute atomic E-state index is 0.00271. The number of benzene rings is 2. The van der Waals surface area contributed by atoms with Crippen LogP contribution in [-0.4, -0.2) is 12.5 Å². The highest BCUT2D eigenvalue weighted by Crippen LogP contribution is 2.35. The van der Waals surface area contributed by atoms with Gasteiger partial charge in [-0.15, -0.1) is 0 Å². The molecule has 2 rings (SSSR count). The average Bonchev–Trinajstić information content (AvgIpc) is 2.53. The Morgan fingerprint density at radius 3 is 2.54 bits per heavy atom. The van der Waals surface area contributed by atoms with E-state index in [1.807, 2.05) is 29.5 Å². The number of nitrogens with one attached hydrogen (secondary N) is 1. The number of hydrogen-bond donors (Lipinski definition) is 1. The summed E-state index contributed by atoms with van der Waals surface area (Å²) in [6.07, 6.45) is -3.80. The molecule has 24 heavy (non-hydrogen) atoms. The molecule has 0 unspecified atom stereocenters. The zero-order valence-corrected chi connectivity index (χ0v) is 14.9. The summed E-state index contributed by atoms with van der Waals surface area (Å²) in [5, 5.41) is 2.52. The van der Waals surface area contributed by atoms with Crippen molar-refractivity contribution in [3.05, 3.63) is 57.2 Å². The molecule has 3 nitrogen and oxygen atoms in total. The average molecular weight is 449 g/mol. The molecule has 0 aliphatic rings. The Morgan fingerprint density at radius 1 is 1.21 bits per heavy atom. The van der Waals surface area contributed by atoms with E-state index in [9.17, 15) is 18.0 Å². The maximum Gasteiger partial charge on any atom is 0.416 e. The predicted octanol–water partition coefficient (Wildman–Crippen LogP) is 5.35. The first-order valence-corrected chi connectivity index (χ1v) is 8.30. The van der Waals surface area contributed by atoms with Gasteiger partial charge in [0.1, 0.15) is 5.75 Å². The van der Waals surface area contributed by atoms with Crippen molar-refractivity contribution in [2.24, 2.45) is 0 Å². The summed E-state index contributed by atoms with van der Waals surface area (Å²) < 4.78 is 44.9. The van der Waals surface area contributed by atoms with Crippen LogP contribution in [0.5, 0.6) is 5.75 Å². The Bertz CT molecular complexity index is 732. The van der Waals surface area contributed by atoms with Gasteiger partial charge in [0, 0.05) is 3.57 Å². The third-order valence-electron chi connectivity index (χ3n) is 3.14. The summed E-state index contributed by atoms with van der Waals surface area (Å²) >= 11 is 2.00. The number of carbonyl (C=O) groups excluding carboxylic acids is 1. The van der Waals surface area contributed by atoms with Crippen molar-refractivity contribution in [1.29, 1.82) is 0 Å². The molecule has 0 saturated carbocycles. The molecule has 128 valence electrons. The molecular weight excluding hydrogens is 434 g/mol. The van der Waals surface area contributed by atoms with E-state index in [-0.39, 0.29) is 11.4 Å². The van der Waals surface area contributed by atoms with Crippen LogP contribution >= 0.6 is 22.6 Å². The molecule has 0 aliphatic carbocycles. The van der Waals surface area contributed by atoms with E-state index in [0.29, 0.717) is 22.2 Å². The maximum absolute atomic E-state index is 12.9. The lowest BCUT2D eigenvalue weighted by Gasteiger charge is -2.15. The lowest BCUT2D eigenvalue weighted by atomic mass is 10.1. The minimum atomic E-state index is -4.50. The second-order valence-corrected chi connectivity index (χ2v) is 6.15. The van der Waals surface area contributed by atoms with E-state index in [1.54, 1.807) is 24.3 Å². The van der Waals surface area contributed by atoms with Crippen LogP contribution in [0.1, 0.15) is 29.3 Å². The van der Waals surface area contributed by atoms with Crippen LogP contribution in [0.15, 0.2) is 42.5 Å². The predicted molar refractivity (Wildman–Crippen MR) is 94.3 cm³/mol. The molecule has 7 heteroatoms. The standard InChI is InChI=1S/C17H15F3INO2/c1-2-9-24-15-8-7-11(17(18,19)20)10-14(15)22-16(23)12-5-3-4-6-13(12)21/h3-8,10H,2,9H2,1H3,(H,22,23). The fourth-order valence-electron chi connectivity index (χ4n) is 1.98. The van der Waals surface area contributed by atoms with E-state index in [4.69, 9.17) is 4.74 Å². The largest absolute Gasteiger partial charge is 0.491 e. The van der Waals surface area contributed by atoms with E-state index in [1.165, 1.54) is 6.07 Å². The summed E-state index contributed by atoms with van der Waals surface area (Å²) in [5.41, 5.74) is -0.454. The third-order valence-corrected chi connectivity index (χ3v) is 4.08. The molecule has 0 bridgehead atoms. The van der Waals surface area contributed by atoms with Gasteiger partial charge in [-0.25, -0.2) is 0 Å². The van der Waals surface area contributed by atoms with Crippen molar-refractivity contribution >= 4 is 34.2 Å². The van der Waals surface area contributed by atoms with Crippen LogP contribution in [0.3, 0.4) is 0 Å². The Morgan fingerprint density at radius 2 is 1.92 bits per heavy atom. The monoisotopic (exact) mass is 449 g/mol. The zero-order valence-electron chi connectivity index (χ0n) is 12.8. The minimum Gasteiger partial charge on any atom is -0.491 e. The lowest BCUT2D eigenvalue weighted by molar-refractivity contribution is -0.137. The van der Waals surface area contributed by atoms with Crippen molar-refractivity contribution in [3.63, 3.8) is 0 Å². The van der Waals surface area contributed by atoms with Crippen LogP contribution in [0.2, 0.25) is 0 Å². The van der Waals surface area contributed by atoms with Gasteiger partial charge in [-0.3, -0.25) is 4.79 Å². The number of anilines is 1. The Kier molecular flexibility index (Phi) is 6.09. The fraction of sp³-hybridized carbons (Fsp3) is 0.235. The smallest absolute Gasteiger partial charge is 0.416 e. The van der Waals surface area contributed by atoms with E-state index in [2.05, 4.69) is 5.32 Å². The molecule has 2 aromatic rings. The first-order chi connectivity index (χ1) is 11.3. The number of ether oxygens (including phenoxy) is 1. The summed E-state index contributed by atoms with van der Waals surface area (Å²) in [6.45, 7) is 2.23. The lowest BCUT2D eigenvalue weighted by Crippen LogP contribution is -2.15. The highest BCUT2D eigenvalue weighted by Gasteiger charge is 2.31. The van der Waals surface area contributed by atoms with Crippen molar-refractivity contribution in [2.75, 3.05) is 11.9 Å². The van der Waals surface area contributed by atoms with Gasteiger partial charge in [-0.2, -0.15) is 13.2 Å². The van der Waals surface area contributed by atoms with Crippen LogP contribution in [0.4, 0.5) is 18.9 Å². The SMILES string of the molecule is CCCOc1ccc(C(F)(F)F)cc1NC(=O)c1ccccc1I. The summed E-state index contributed by atoms with van der Waals surface area (Å²) in [6, 6.07) is 9.87. The van der Waals surface area contributed by atoms with Gasteiger partial charge in [0.15, 0.2) is 0 Å². The molecular formula is C17H15F3INO2. The number of carbonyl (C=O) groups is 1. The molecule has 1 N–H and O–H groups in total. The van der Waals surface area contributed by atoms with Gasteiger partial charge in [0.2, 0.25) is 0 Å². The number of amides is 1. The Labute approximate surface area is 151 Å². The molecule has 2 aromatic carbocycles. The van der Waals surface area contributed by atoms with Crippen LogP contribution in [0.25, 0.3) is 0 Å². The summed E-state index contributed by atoms with van der Waals surface area (Å²) in [5.74, 6) is -0.273. The van der Waals surface area contributed by atoms with Gasteiger partial charge in [0.05, 0.1) is 23.4 Å². The Hall–Kier alpha value is -1.77. The summed E-state index contributed by atoms with van der Waals surface area (Å²) in [7, 11) is 0. The first kappa shape index (κ1) is 18.6. The van der Waals surface area contributed by atoms with Crippen molar-refractivity contribution in [1.82, 2.24) is 0 Å². The van der Waals surface area contributed by atoms with Crippen molar-refractivity contribution in [2.45, 2.75) is 19.5 Å². The summed E-state index contributed by atoms with van der Waals surface area (Å²) in [4.78, 5) is 12.4. The van der Waals surface area contributed by atoms with E-state index in [0.717, 1.165) is 12.1 Å². The molecule has 1 amide bonds. The van der Waals surface area contributed by atoms with Gasteiger partial charge in [-0.05, 0) is 59.3 Å². The van der Waals surface area contributed by atoms with Crippen molar-refractivity contribution < 1.29 is 22.7 Å². The molecule has 0 saturated heterocycles. The van der Waals surface area contributed by atoms with E-state index < -0.39 is 17.6 Å². The van der Waals surface area contributed by atoms with E-state index >= 15 is 0 Å². The third kappa shape index (κ3) is 4.62. The topological polar surface area (TPSA) is 38.3 Å². The number of hydrogen-bond acceptors (Lipinski definition) is 2. The Balaban J connectivity index is 2.35. The van der Waals surface area contributed by atoms with Gasteiger partial charge in [-0.1, -0.05) is 19.1 Å². The molecule has 0 aliphatic heterocycles. The molecule has 0 atom stereocenters. The maximum atomic E-state index is 12.9. The molecule has 0 spiro atoms. The van der Waals surface area contributed by atoms with Gasteiger partial charge in [0.25, 0.3) is 5.91 Å². The zero-order chi connectivity index (χ0) is 17.7. The second-order valence-electron chi connectivity index (χ2n) is 4.99. The van der Waals surface area contributed by atoms with Crippen LogP contribution < -0.4 is 10.1 Å². The normalized spacial score (nSPS) is 11.2. The molecule has 0 heterocycles. The van der Waals surface area contributed by atoms with Crippen LogP contribution in [-0.2, 0) is 6.18 Å². The molecule has 0 radical (unpaired) electrons. The van der Waals surface area contributed by atoms with Crippen LogP contribution in [0, 0.1) is 3.57 Å². The molecule has 0 aromatic heterocycles. The molecule has 0 fully saturated rings. The highest BCUT2D eigenvalue weighted by atomic mass is 127. The quantitative estimate of drug-likeness (QED) is 0.626. The highest BCUT2D eigenvalue weighted by molar-refractivity contribution is 14.1. The van der Waals surface area contributed by atoms with Gasteiger partial charge < -0.3 is 10.1 Å². The van der Waals surface area contributed by atoms with Crippen molar-refractivity contribution in [3.8, 4) is 5.75 Å². The second kappa shape index (κ2) is 7.87. The fourth-order valence-corrected chi connectivity index (χ4v) is 2.61. The number of halogens is 4. The number of alkyl halides is 3.